The van der Waals surface area contributed by atoms with Gasteiger partial charge in [-0.3, -0.25) is 5.32 Å². The van der Waals surface area contributed by atoms with Crippen LogP contribution in [0.5, 0.6) is 5.88 Å². The van der Waals surface area contributed by atoms with E-state index in [-0.39, 0.29) is 11.8 Å². The Bertz CT molecular complexity index is 1230. The summed E-state index contributed by atoms with van der Waals surface area (Å²) in [4.78, 5) is 20.7. The molecule has 1 fully saturated rings. The number of nitrogens with one attached hydrogen (secondary N) is 2. The van der Waals surface area contributed by atoms with Crippen LogP contribution in [0.25, 0.3) is 21.9 Å². The van der Waals surface area contributed by atoms with E-state index in [1.807, 2.05) is 13.8 Å². The van der Waals surface area contributed by atoms with E-state index in [2.05, 4.69) is 20.6 Å². The molecule has 0 unspecified atom stereocenters. The normalized spacial score (nSPS) is 19.3. The van der Waals surface area contributed by atoms with Gasteiger partial charge in [-0.1, -0.05) is 6.92 Å². The van der Waals surface area contributed by atoms with Crippen LogP contribution in [0.15, 0.2) is 24.5 Å². The van der Waals surface area contributed by atoms with Crippen molar-refractivity contribution in [1.82, 2.24) is 9.97 Å². The number of nitrogens with zero attached hydrogens (tertiary/aromatic N) is 2. The first kappa shape index (κ1) is 20.3. The molecule has 4 N–H and O–H groups in total. The highest BCUT2D eigenvalue weighted by Gasteiger charge is 2.30. The maximum absolute atomic E-state index is 15.2. The molecule has 1 aliphatic carbocycles. The zero-order valence-corrected chi connectivity index (χ0v) is 17.9. The Balaban J connectivity index is 1.50. The third kappa shape index (κ3) is 3.43. The molecule has 1 amide bonds. The van der Waals surface area contributed by atoms with Crippen molar-refractivity contribution in [3.8, 4) is 17.0 Å². The van der Waals surface area contributed by atoms with Crippen LogP contribution in [0.4, 0.5) is 26.4 Å². The summed E-state index contributed by atoms with van der Waals surface area (Å²) in [5.74, 6) is 0.632. The number of hydrogen-bond acceptors (Lipinski definition) is 7. The minimum atomic E-state index is -0.551. The first-order chi connectivity index (χ1) is 15.4. The lowest BCUT2D eigenvalue weighted by molar-refractivity contribution is 0.0172. The first-order valence-corrected chi connectivity index (χ1v) is 10.6. The molecule has 3 heterocycles. The second-order valence-corrected chi connectivity index (χ2v) is 8.32. The van der Waals surface area contributed by atoms with Crippen LogP contribution in [-0.2, 0) is 4.74 Å². The fourth-order valence-electron chi connectivity index (χ4n) is 4.14. The number of pyridine rings is 2. The second-order valence-electron chi connectivity index (χ2n) is 8.32. The van der Waals surface area contributed by atoms with Crippen molar-refractivity contribution in [2.24, 2.45) is 5.92 Å². The summed E-state index contributed by atoms with van der Waals surface area (Å²) in [5, 5.41) is 7.01. The SMILES string of the molecule is Cc1c(-c2cc3cc(NC(=O)O[C@@H]4CC[C@@H]4C)ncc3c(N)c2F)cnc2c1NCCO2. The summed E-state index contributed by atoms with van der Waals surface area (Å²) >= 11 is 0. The maximum atomic E-state index is 15.2. The van der Waals surface area contributed by atoms with E-state index < -0.39 is 11.9 Å². The summed E-state index contributed by atoms with van der Waals surface area (Å²) in [6, 6.07) is 3.34. The molecule has 3 aromatic rings. The van der Waals surface area contributed by atoms with Gasteiger partial charge in [0.1, 0.15) is 24.2 Å². The van der Waals surface area contributed by atoms with Gasteiger partial charge >= 0.3 is 6.09 Å². The Morgan fingerprint density at radius 3 is 2.88 bits per heavy atom. The Hall–Kier alpha value is -3.62. The van der Waals surface area contributed by atoms with E-state index in [4.69, 9.17) is 15.2 Å². The van der Waals surface area contributed by atoms with E-state index in [9.17, 15) is 4.79 Å². The Morgan fingerprint density at radius 2 is 2.12 bits per heavy atom. The van der Waals surface area contributed by atoms with Gasteiger partial charge in [-0.25, -0.2) is 19.2 Å². The number of anilines is 3. The van der Waals surface area contributed by atoms with Gasteiger partial charge < -0.3 is 20.5 Å². The quantitative estimate of drug-likeness (QED) is 0.518. The Labute approximate surface area is 184 Å². The average molecular weight is 437 g/mol. The molecule has 8 nitrogen and oxygen atoms in total. The highest BCUT2D eigenvalue weighted by molar-refractivity contribution is 5.99. The zero-order chi connectivity index (χ0) is 22.4. The van der Waals surface area contributed by atoms with Crippen molar-refractivity contribution in [2.75, 3.05) is 29.5 Å². The van der Waals surface area contributed by atoms with Gasteiger partial charge in [-0.05, 0) is 48.8 Å². The van der Waals surface area contributed by atoms with Gasteiger partial charge in [0, 0.05) is 35.5 Å². The summed E-state index contributed by atoms with van der Waals surface area (Å²) in [6.07, 6.45) is 4.34. The fraction of sp³-hybridized carbons (Fsp3) is 0.348. The molecule has 0 radical (unpaired) electrons. The topological polar surface area (TPSA) is 111 Å². The van der Waals surface area contributed by atoms with Gasteiger partial charge in [0.2, 0.25) is 5.88 Å². The minimum absolute atomic E-state index is 0.0104. The van der Waals surface area contributed by atoms with Crippen molar-refractivity contribution in [1.29, 1.82) is 0 Å². The van der Waals surface area contributed by atoms with Crippen molar-refractivity contribution >= 4 is 34.1 Å². The standard InChI is InChI=1S/C23H24FN5O3/c1-11-3-4-17(11)32-23(30)29-18-8-13-7-14(19(24)20(25)16(13)10-27-18)15-9-28-22-21(12(15)2)26-5-6-31-22/h7-11,17,26H,3-6,25H2,1-2H3,(H,27,29,30)/t11-,17+/m0/s1. The monoisotopic (exact) mass is 437 g/mol. The first-order valence-electron chi connectivity index (χ1n) is 10.6. The van der Waals surface area contributed by atoms with Crippen LogP contribution >= 0.6 is 0 Å². The number of rotatable bonds is 3. The second kappa shape index (κ2) is 7.81. The van der Waals surface area contributed by atoms with Crippen LogP contribution in [0.2, 0.25) is 0 Å². The van der Waals surface area contributed by atoms with Gasteiger partial charge in [0.15, 0.2) is 5.82 Å². The third-order valence-corrected chi connectivity index (χ3v) is 6.27. The van der Waals surface area contributed by atoms with E-state index >= 15 is 4.39 Å². The van der Waals surface area contributed by atoms with E-state index in [1.165, 1.54) is 6.20 Å². The number of fused-ring (bicyclic) bond motifs is 2. The van der Waals surface area contributed by atoms with Crippen LogP contribution in [-0.4, -0.2) is 35.3 Å². The van der Waals surface area contributed by atoms with Crippen molar-refractivity contribution in [3.63, 3.8) is 0 Å². The summed E-state index contributed by atoms with van der Waals surface area (Å²) in [5.41, 5.74) is 8.60. The molecule has 1 aromatic carbocycles. The molecule has 32 heavy (non-hydrogen) atoms. The number of carbonyl (C=O) groups is 1. The van der Waals surface area contributed by atoms with Gasteiger partial charge in [0.05, 0.1) is 5.69 Å². The number of amides is 1. The van der Waals surface area contributed by atoms with Crippen molar-refractivity contribution in [2.45, 2.75) is 32.8 Å². The number of nitrogens with two attached hydrogens (primary N) is 1. The Kier molecular flexibility index (Phi) is 4.96. The number of nitrogen functional groups attached to an aromatic ring is 1. The molecule has 1 saturated carbocycles. The van der Waals surface area contributed by atoms with Crippen LogP contribution in [0.3, 0.4) is 0 Å². The minimum Gasteiger partial charge on any atom is -0.474 e. The predicted octanol–water partition coefficient (Wildman–Crippen LogP) is 4.48. The number of ether oxygens (including phenoxy) is 2. The lowest BCUT2D eigenvalue weighted by Gasteiger charge is -2.32. The lowest BCUT2D eigenvalue weighted by Crippen LogP contribution is -2.35. The molecule has 9 heteroatoms. The molecule has 2 aromatic heterocycles. The van der Waals surface area contributed by atoms with Crippen LogP contribution in [0, 0.1) is 18.7 Å². The lowest BCUT2D eigenvalue weighted by atomic mass is 9.84. The smallest absolute Gasteiger partial charge is 0.413 e. The van der Waals surface area contributed by atoms with E-state index in [1.54, 1.807) is 18.3 Å². The van der Waals surface area contributed by atoms with Crippen LogP contribution < -0.4 is 21.1 Å². The molecule has 2 atom stereocenters. The van der Waals surface area contributed by atoms with E-state index in [0.717, 1.165) is 24.1 Å². The number of carbonyl (C=O) groups excluding carboxylic acids is 1. The summed E-state index contributed by atoms with van der Waals surface area (Å²) < 4.78 is 26.2. The predicted molar refractivity (Wildman–Crippen MR) is 120 cm³/mol. The van der Waals surface area contributed by atoms with Gasteiger partial charge in [-0.15, -0.1) is 0 Å². The highest BCUT2D eigenvalue weighted by Crippen LogP contribution is 2.39. The molecule has 5 rings (SSSR count). The molecular formula is C23H24FN5O3. The molecule has 2 aliphatic rings. The molecule has 0 saturated heterocycles. The maximum Gasteiger partial charge on any atom is 0.413 e. The molecular weight excluding hydrogens is 413 g/mol. The average Bonchev–Trinajstić information content (AvgIpc) is 2.79. The summed E-state index contributed by atoms with van der Waals surface area (Å²) in [7, 11) is 0. The summed E-state index contributed by atoms with van der Waals surface area (Å²) in [6.45, 7) is 5.11. The fourth-order valence-corrected chi connectivity index (χ4v) is 4.14. The Morgan fingerprint density at radius 1 is 1.28 bits per heavy atom. The molecule has 0 bridgehead atoms. The number of halogens is 1. The van der Waals surface area contributed by atoms with Crippen LogP contribution in [0.1, 0.15) is 25.3 Å². The number of hydrogen-bond donors (Lipinski definition) is 3. The molecule has 0 spiro atoms. The van der Waals surface area contributed by atoms with Crippen molar-refractivity contribution < 1.29 is 18.7 Å². The molecule has 166 valence electrons. The zero-order valence-electron chi connectivity index (χ0n) is 17.9. The third-order valence-electron chi connectivity index (χ3n) is 6.27. The molecule has 1 aliphatic heterocycles. The van der Waals surface area contributed by atoms with Gasteiger partial charge in [0.25, 0.3) is 0 Å². The van der Waals surface area contributed by atoms with E-state index in [0.29, 0.717) is 52.7 Å². The van der Waals surface area contributed by atoms with Gasteiger partial charge in [-0.2, -0.15) is 0 Å². The van der Waals surface area contributed by atoms with Crippen molar-refractivity contribution in [3.05, 3.63) is 35.9 Å². The number of benzene rings is 1. The largest absolute Gasteiger partial charge is 0.474 e. The number of aromatic nitrogens is 2. The highest BCUT2D eigenvalue weighted by atomic mass is 19.1.